The van der Waals surface area contributed by atoms with Crippen molar-refractivity contribution in [2.75, 3.05) is 6.54 Å². The van der Waals surface area contributed by atoms with E-state index in [1.807, 2.05) is 0 Å². The summed E-state index contributed by atoms with van der Waals surface area (Å²) in [5.41, 5.74) is -8.16. The van der Waals surface area contributed by atoms with Gasteiger partial charge in [0.15, 0.2) is 0 Å². The van der Waals surface area contributed by atoms with Crippen molar-refractivity contribution < 1.29 is 75.4 Å². The third-order valence-electron chi connectivity index (χ3n) is 3.64. The van der Waals surface area contributed by atoms with E-state index in [2.05, 4.69) is 0 Å². The highest BCUT2D eigenvalue weighted by molar-refractivity contribution is 7.91. The summed E-state index contributed by atoms with van der Waals surface area (Å²) < 4.78 is 197. The molecule has 0 bridgehead atoms. The molecular weight excluding hydrogens is 465 g/mol. The van der Waals surface area contributed by atoms with Gasteiger partial charge < -0.3 is 5.11 Å². The van der Waals surface area contributed by atoms with Crippen LogP contribution in [0, 0.1) is 0 Å². The Morgan fingerprint density at radius 2 is 1.14 bits per heavy atom. The molecule has 0 aromatic rings. The maximum absolute atomic E-state index is 14.5. The summed E-state index contributed by atoms with van der Waals surface area (Å²) in [6, 6.07) is 0. The molecule has 0 amide bonds. The number of hydrogen-bond donors (Lipinski definition) is 2. The lowest BCUT2D eigenvalue weighted by Crippen LogP contribution is -2.90. The monoisotopic (exact) mass is 469 g/mol. The zero-order valence-corrected chi connectivity index (χ0v) is 13.0. The van der Waals surface area contributed by atoms with E-state index in [1.165, 1.54) is 0 Å². The van der Waals surface area contributed by atoms with Gasteiger partial charge in [-0.25, -0.2) is 21.9 Å². The van der Waals surface area contributed by atoms with Crippen molar-refractivity contribution in [3.8, 4) is 0 Å². The minimum Gasteiger partial charge on any atom is -0.480 e. The van der Waals surface area contributed by atoms with Crippen molar-refractivity contribution in [3.63, 3.8) is 0 Å². The molecule has 0 aromatic carbocycles. The van der Waals surface area contributed by atoms with E-state index in [0.29, 0.717) is 0 Å². The zero-order valence-electron chi connectivity index (χ0n) is 12.2. The molecule has 2 unspecified atom stereocenters. The quantitative estimate of drug-likeness (QED) is 0.621. The molecular formula is C9H4F13NO4S. The minimum absolute atomic E-state index is 0.0794. The number of carboxylic acid groups (broad SMARTS) is 1. The molecule has 0 aromatic heterocycles. The highest BCUT2D eigenvalue weighted by Gasteiger charge is 3.07. The first-order chi connectivity index (χ1) is 11.9. The lowest BCUT2D eigenvalue weighted by Gasteiger charge is -2.54. The van der Waals surface area contributed by atoms with Gasteiger partial charge in [-0.3, -0.25) is 4.79 Å². The van der Waals surface area contributed by atoms with Gasteiger partial charge in [-0.2, -0.15) is 48.3 Å². The molecule has 0 radical (unpaired) electrons. The van der Waals surface area contributed by atoms with Crippen molar-refractivity contribution in [1.29, 1.82) is 0 Å². The number of hydrogen-bond acceptors (Lipinski definition) is 3. The Kier molecular flexibility index (Phi) is 5.04. The molecule has 0 heterocycles. The smallest absolute Gasteiger partial charge is 0.433 e. The van der Waals surface area contributed by atoms with E-state index in [9.17, 15) is 70.3 Å². The lowest BCUT2D eigenvalue weighted by atomic mass is 9.73. The van der Waals surface area contributed by atoms with Crippen molar-refractivity contribution in [3.05, 3.63) is 0 Å². The molecule has 1 fully saturated rings. The normalized spacial score (nSPS) is 34.0. The van der Waals surface area contributed by atoms with Gasteiger partial charge in [0.2, 0.25) is 0 Å². The number of sulfonamides is 1. The van der Waals surface area contributed by atoms with Crippen molar-refractivity contribution in [2.24, 2.45) is 0 Å². The van der Waals surface area contributed by atoms with Crippen LogP contribution in [-0.2, 0) is 14.8 Å². The van der Waals surface area contributed by atoms with E-state index in [4.69, 9.17) is 5.11 Å². The Hall–Kier alpha value is -1.53. The number of halogens is 13. The average molecular weight is 469 g/mol. The number of aliphatic carboxylic acids is 1. The predicted molar refractivity (Wildman–Crippen MR) is 58.1 cm³/mol. The van der Waals surface area contributed by atoms with Crippen LogP contribution in [0.4, 0.5) is 57.1 Å². The van der Waals surface area contributed by atoms with Gasteiger partial charge in [0.05, 0.1) is 0 Å². The Bertz CT molecular complexity index is 777. The van der Waals surface area contributed by atoms with Crippen molar-refractivity contribution in [1.82, 2.24) is 4.72 Å². The van der Waals surface area contributed by atoms with Crippen LogP contribution in [0.2, 0.25) is 0 Å². The number of nitrogens with one attached hydrogen (secondary N) is 1. The summed E-state index contributed by atoms with van der Waals surface area (Å²) in [5, 5.41) is 0.261. The molecule has 1 aliphatic carbocycles. The molecule has 5 nitrogen and oxygen atoms in total. The second-order valence-electron chi connectivity index (χ2n) is 5.27. The largest absolute Gasteiger partial charge is 0.480 e. The fraction of sp³-hybridized carbons (Fsp3) is 0.889. The van der Waals surface area contributed by atoms with Gasteiger partial charge in [-0.05, 0) is 0 Å². The Morgan fingerprint density at radius 1 is 0.786 bits per heavy atom. The van der Waals surface area contributed by atoms with Crippen LogP contribution in [-0.4, -0.2) is 66.6 Å². The molecule has 166 valence electrons. The fourth-order valence-electron chi connectivity index (χ4n) is 2.20. The minimum atomic E-state index is -8.16. The zero-order chi connectivity index (χ0) is 23.0. The Labute approximate surface area is 144 Å². The van der Waals surface area contributed by atoms with E-state index in [0.717, 1.165) is 0 Å². The summed E-state index contributed by atoms with van der Waals surface area (Å²) in [4.78, 5) is 10.1. The molecule has 0 saturated heterocycles. The van der Waals surface area contributed by atoms with Crippen LogP contribution < -0.4 is 4.72 Å². The first kappa shape index (κ1) is 24.5. The van der Waals surface area contributed by atoms with Crippen LogP contribution in [0.1, 0.15) is 0 Å². The van der Waals surface area contributed by atoms with Crippen LogP contribution in [0.3, 0.4) is 0 Å². The molecule has 0 aliphatic heterocycles. The van der Waals surface area contributed by atoms with E-state index in [-0.39, 0.29) is 4.72 Å². The molecule has 1 rings (SSSR count). The molecule has 28 heavy (non-hydrogen) atoms. The van der Waals surface area contributed by atoms with Gasteiger partial charge in [0.25, 0.3) is 10.0 Å². The summed E-state index contributed by atoms with van der Waals surface area (Å²) in [7, 11) is -7.80. The predicted octanol–water partition coefficient (Wildman–Crippen LogP) is 2.48. The van der Waals surface area contributed by atoms with Crippen LogP contribution in [0.25, 0.3) is 0 Å². The van der Waals surface area contributed by atoms with Gasteiger partial charge in [0.1, 0.15) is 6.54 Å². The van der Waals surface area contributed by atoms with Gasteiger partial charge in [0, 0.05) is 0 Å². The van der Waals surface area contributed by atoms with Crippen LogP contribution >= 0.6 is 0 Å². The SMILES string of the molecule is O=C(O)CNS(=O)(=O)C1(F)C(F)(F)C(F)(F)C(F)(F)C(F)(F)C1(F)C(F)(F)F. The molecule has 1 saturated carbocycles. The first-order valence-corrected chi connectivity index (χ1v) is 7.57. The van der Waals surface area contributed by atoms with Gasteiger partial charge in [-0.15, -0.1) is 0 Å². The molecule has 19 heteroatoms. The number of rotatable bonds is 4. The number of carbonyl (C=O) groups is 1. The van der Waals surface area contributed by atoms with Crippen LogP contribution in [0.15, 0.2) is 0 Å². The fourth-order valence-corrected chi connectivity index (χ4v) is 3.79. The van der Waals surface area contributed by atoms with E-state index < -0.39 is 63.1 Å². The van der Waals surface area contributed by atoms with Gasteiger partial charge in [-0.1, -0.05) is 0 Å². The maximum Gasteiger partial charge on any atom is 0.433 e. The molecule has 2 atom stereocenters. The topological polar surface area (TPSA) is 83.5 Å². The molecule has 1 aliphatic rings. The Balaban J connectivity index is 4.16. The average Bonchev–Trinajstić information content (AvgIpc) is 2.48. The summed E-state index contributed by atoms with van der Waals surface area (Å²) in [5.74, 6) is -34.5. The van der Waals surface area contributed by atoms with Crippen molar-refractivity contribution in [2.45, 2.75) is 40.5 Å². The highest BCUT2D eigenvalue weighted by atomic mass is 32.2. The third kappa shape index (κ3) is 2.31. The summed E-state index contributed by atoms with van der Waals surface area (Å²) >= 11 is 0. The lowest BCUT2D eigenvalue weighted by molar-refractivity contribution is -0.481. The summed E-state index contributed by atoms with van der Waals surface area (Å²) in [6.07, 6.45) is -7.95. The number of carboxylic acids is 1. The Morgan fingerprint density at radius 3 is 1.46 bits per heavy atom. The van der Waals surface area contributed by atoms with Crippen LogP contribution in [0.5, 0.6) is 0 Å². The first-order valence-electron chi connectivity index (χ1n) is 6.08. The van der Waals surface area contributed by atoms with E-state index in [1.54, 1.807) is 0 Å². The number of alkyl halides is 13. The molecule has 2 N–H and O–H groups in total. The molecule has 0 spiro atoms. The standard InChI is InChI=1S/C9H4F13NO4S/c10-3(9(20,21)22)4(11,12)5(13,14)6(15,16)7(17,18)8(3,19)28(26,27)23-1-2(24)25/h23H,1H2,(H,24,25). The third-order valence-corrected chi connectivity index (χ3v) is 5.44. The summed E-state index contributed by atoms with van der Waals surface area (Å²) in [6.45, 7) is -2.40. The second-order valence-corrected chi connectivity index (χ2v) is 7.13. The van der Waals surface area contributed by atoms with Gasteiger partial charge >= 0.3 is 46.5 Å². The van der Waals surface area contributed by atoms with E-state index >= 15 is 0 Å². The second kappa shape index (κ2) is 5.76. The highest BCUT2D eigenvalue weighted by Crippen LogP contribution is 2.73. The maximum atomic E-state index is 14.5. The van der Waals surface area contributed by atoms with Crippen molar-refractivity contribution >= 4 is 16.0 Å².